The van der Waals surface area contributed by atoms with Crippen molar-refractivity contribution in [3.05, 3.63) is 28.5 Å². The van der Waals surface area contributed by atoms with Crippen LogP contribution in [-0.4, -0.2) is 26.0 Å². The van der Waals surface area contributed by atoms with Crippen LogP contribution in [-0.2, 0) is 14.8 Å². The highest BCUT2D eigenvalue weighted by atomic mass is 79.9. The Morgan fingerprint density at radius 3 is 2.68 bits per heavy atom. The molecule has 0 aliphatic carbocycles. The summed E-state index contributed by atoms with van der Waals surface area (Å²) in [5, 5.41) is 8.57. The Balaban J connectivity index is 2.76. The summed E-state index contributed by atoms with van der Waals surface area (Å²) >= 11 is 2.93. The third-order valence-electron chi connectivity index (χ3n) is 2.35. The zero-order valence-corrected chi connectivity index (χ0v) is 12.5. The average molecular weight is 354 g/mol. The van der Waals surface area contributed by atoms with Crippen LogP contribution in [0.1, 0.15) is 13.3 Å². The molecule has 0 saturated heterocycles. The second-order valence-corrected chi connectivity index (χ2v) is 6.75. The van der Waals surface area contributed by atoms with Gasteiger partial charge in [-0.15, -0.1) is 0 Å². The van der Waals surface area contributed by atoms with Gasteiger partial charge in [0, 0.05) is 13.0 Å². The largest absolute Gasteiger partial charge is 0.481 e. The molecule has 1 rings (SSSR count). The molecule has 8 heteroatoms. The number of hydrogen-bond donors (Lipinski definition) is 2. The molecule has 0 aromatic heterocycles. The molecule has 1 unspecified atom stereocenters. The Hall–Kier alpha value is -0.990. The second-order valence-electron chi connectivity index (χ2n) is 4.13. The SMILES string of the molecule is CC(CNS(=O)(=O)c1ccc(Br)c(F)c1)CC(=O)O. The Morgan fingerprint density at radius 1 is 1.53 bits per heavy atom. The number of benzene rings is 1. The zero-order chi connectivity index (χ0) is 14.6. The van der Waals surface area contributed by atoms with Gasteiger partial charge < -0.3 is 5.11 Å². The van der Waals surface area contributed by atoms with E-state index in [2.05, 4.69) is 20.7 Å². The van der Waals surface area contributed by atoms with Crippen LogP contribution >= 0.6 is 15.9 Å². The van der Waals surface area contributed by atoms with Crippen LogP contribution in [0.25, 0.3) is 0 Å². The molecule has 106 valence electrons. The molecule has 0 aliphatic heterocycles. The fourth-order valence-corrected chi connectivity index (χ4v) is 2.77. The van der Waals surface area contributed by atoms with Crippen molar-refractivity contribution in [2.24, 2.45) is 5.92 Å². The number of rotatable bonds is 6. The molecule has 19 heavy (non-hydrogen) atoms. The van der Waals surface area contributed by atoms with Gasteiger partial charge in [-0.05, 0) is 40.0 Å². The van der Waals surface area contributed by atoms with Gasteiger partial charge in [0.05, 0.1) is 9.37 Å². The van der Waals surface area contributed by atoms with Crippen molar-refractivity contribution >= 4 is 31.9 Å². The minimum Gasteiger partial charge on any atom is -0.481 e. The quantitative estimate of drug-likeness (QED) is 0.818. The topological polar surface area (TPSA) is 83.5 Å². The number of aliphatic carboxylic acids is 1. The molecule has 0 heterocycles. The molecule has 0 spiro atoms. The highest BCUT2D eigenvalue weighted by Gasteiger charge is 2.17. The van der Waals surface area contributed by atoms with Crippen molar-refractivity contribution in [3.63, 3.8) is 0 Å². The molecule has 0 saturated carbocycles. The summed E-state index contributed by atoms with van der Waals surface area (Å²) in [7, 11) is -3.83. The van der Waals surface area contributed by atoms with Crippen LogP contribution in [0.4, 0.5) is 4.39 Å². The first-order valence-electron chi connectivity index (χ1n) is 5.39. The van der Waals surface area contributed by atoms with Crippen LogP contribution in [0.15, 0.2) is 27.6 Å². The van der Waals surface area contributed by atoms with Crippen LogP contribution in [0.3, 0.4) is 0 Å². The number of carboxylic acid groups (broad SMARTS) is 1. The molecule has 0 amide bonds. The Morgan fingerprint density at radius 2 is 2.16 bits per heavy atom. The van der Waals surface area contributed by atoms with Crippen LogP contribution < -0.4 is 4.72 Å². The van der Waals surface area contributed by atoms with E-state index in [1.807, 2.05) is 0 Å². The van der Waals surface area contributed by atoms with E-state index < -0.39 is 21.8 Å². The van der Waals surface area contributed by atoms with Crippen molar-refractivity contribution in [1.29, 1.82) is 0 Å². The fourth-order valence-electron chi connectivity index (χ4n) is 1.35. The van der Waals surface area contributed by atoms with Gasteiger partial charge in [0.1, 0.15) is 5.82 Å². The van der Waals surface area contributed by atoms with Crippen molar-refractivity contribution < 1.29 is 22.7 Å². The highest BCUT2D eigenvalue weighted by Crippen LogP contribution is 2.19. The van der Waals surface area contributed by atoms with E-state index in [-0.39, 0.29) is 28.3 Å². The lowest BCUT2D eigenvalue weighted by molar-refractivity contribution is -0.137. The summed E-state index contributed by atoms with van der Waals surface area (Å²) in [4.78, 5) is 10.3. The van der Waals surface area contributed by atoms with Gasteiger partial charge >= 0.3 is 5.97 Å². The van der Waals surface area contributed by atoms with Gasteiger partial charge in [-0.25, -0.2) is 17.5 Å². The van der Waals surface area contributed by atoms with Gasteiger partial charge in [-0.3, -0.25) is 4.79 Å². The minimum absolute atomic E-state index is 0.0215. The molecule has 0 radical (unpaired) electrons. The Kier molecular flexibility index (Phi) is 5.45. The number of carbonyl (C=O) groups is 1. The number of carboxylic acids is 1. The van der Waals surface area contributed by atoms with E-state index in [4.69, 9.17) is 5.11 Å². The van der Waals surface area contributed by atoms with Crippen LogP contribution in [0, 0.1) is 11.7 Å². The molecule has 0 bridgehead atoms. The number of sulfonamides is 1. The average Bonchev–Trinajstić information content (AvgIpc) is 2.29. The lowest BCUT2D eigenvalue weighted by Crippen LogP contribution is -2.29. The van der Waals surface area contributed by atoms with Gasteiger partial charge in [0.25, 0.3) is 0 Å². The first-order valence-corrected chi connectivity index (χ1v) is 7.66. The number of hydrogen-bond acceptors (Lipinski definition) is 3. The van der Waals surface area contributed by atoms with E-state index >= 15 is 0 Å². The molecular weight excluding hydrogens is 341 g/mol. The molecule has 2 N–H and O–H groups in total. The van der Waals surface area contributed by atoms with Crippen molar-refractivity contribution in [2.75, 3.05) is 6.54 Å². The van der Waals surface area contributed by atoms with Crippen molar-refractivity contribution in [3.8, 4) is 0 Å². The van der Waals surface area contributed by atoms with Crippen molar-refractivity contribution in [2.45, 2.75) is 18.2 Å². The predicted molar refractivity (Wildman–Crippen MR) is 70.7 cm³/mol. The van der Waals surface area contributed by atoms with Gasteiger partial charge in [0.2, 0.25) is 10.0 Å². The van der Waals surface area contributed by atoms with Crippen LogP contribution in [0.2, 0.25) is 0 Å². The molecular formula is C11H13BrFNO4S. The van der Waals surface area contributed by atoms with E-state index in [9.17, 15) is 17.6 Å². The smallest absolute Gasteiger partial charge is 0.303 e. The summed E-state index contributed by atoms with van der Waals surface area (Å²) in [6.07, 6.45) is -0.142. The first kappa shape index (κ1) is 16.1. The maximum atomic E-state index is 13.3. The monoisotopic (exact) mass is 353 g/mol. The summed E-state index contributed by atoms with van der Waals surface area (Å²) in [6.45, 7) is 1.59. The minimum atomic E-state index is -3.83. The summed E-state index contributed by atoms with van der Waals surface area (Å²) in [6, 6.07) is 3.45. The molecule has 0 fully saturated rings. The Bertz CT molecular complexity index is 576. The maximum Gasteiger partial charge on any atom is 0.303 e. The van der Waals surface area contributed by atoms with E-state index in [0.29, 0.717) is 0 Å². The lowest BCUT2D eigenvalue weighted by Gasteiger charge is -2.11. The summed E-state index contributed by atoms with van der Waals surface area (Å²) in [5.74, 6) is -2.03. The van der Waals surface area contributed by atoms with E-state index in [1.165, 1.54) is 12.1 Å². The standard InChI is InChI=1S/C11H13BrFNO4S/c1-7(4-11(15)16)6-14-19(17,18)8-2-3-9(12)10(13)5-8/h2-3,5,7,14H,4,6H2,1H3,(H,15,16). The van der Waals surface area contributed by atoms with Crippen molar-refractivity contribution in [1.82, 2.24) is 4.72 Å². The molecule has 5 nitrogen and oxygen atoms in total. The molecule has 1 aromatic carbocycles. The summed E-state index contributed by atoms with van der Waals surface area (Å²) in [5.41, 5.74) is 0. The van der Waals surface area contributed by atoms with Crippen LogP contribution in [0.5, 0.6) is 0 Å². The van der Waals surface area contributed by atoms with Gasteiger partial charge in [-0.1, -0.05) is 6.92 Å². The van der Waals surface area contributed by atoms with Gasteiger partial charge in [0.15, 0.2) is 0 Å². The normalized spacial score (nSPS) is 13.2. The highest BCUT2D eigenvalue weighted by molar-refractivity contribution is 9.10. The first-order chi connectivity index (χ1) is 8.72. The van der Waals surface area contributed by atoms with Gasteiger partial charge in [-0.2, -0.15) is 0 Å². The number of nitrogens with one attached hydrogen (secondary N) is 1. The number of halogens is 2. The van der Waals surface area contributed by atoms with E-state index in [1.54, 1.807) is 6.92 Å². The molecule has 1 atom stereocenters. The zero-order valence-electron chi connectivity index (χ0n) is 10.1. The third-order valence-corrected chi connectivity index (χ3v) is 4.41. The fraction of sp³-hybridized carbons (Fsp3) is 0.364. The Labute approximate surface area is 119 Å². The lowest BCUT2D eigenvalue weighted by atomic mass is 10.1. The summed E-state index contributed by atoms with van der Waals surface area (Å²) < 4.78 is 39.4. The second kappa shape index (κ2) is 6.44. The maximum absolute atomic E-state index is 13.3. The molecule has 0 aliphatic rings. The molecule has 1 aromatic rings. The third kappa shape index (κ3) is 4.88. The van der Waals surface area contributed by atoms with E-state index in [0.717, 1.165) is 6.07 Å². The predicted octanol–water partition coefficient (Wildman–Crippen LogP) is 1.98.